The number of hydrogen-bond donors (Lipinski definition) is 0. The summed E-state index contributed by atoms with van der Waals surface area (Å²) in [5.41, 5.74) is 0. The Labute approximate surface area is 102 Å². The van der Waals surface area contributed by atoms with Crippen molar-refractivity contribution in [2.24, 2.45) is 0 Å². The molecule has 0 heterocycles. The summed E-state index contributed by atoms with van der Waals surface area (Å²) in [5, 5.41) is 0. The van der Waals surface area contributed by atoms with Crippen LogP contribution in [0.2, 0.25) is 0 Å². The topological polar surface area (TPSA) is 6.25 Å². The van der Waals surface area contributed by atoms with Crippen LogP contribution in [0, 0.1) is 0 Å². The van der Waals surface area contributed by atoms with E-state index in [1.54, 1.807) is 11.8 Å². The predicted molar refractivity (Wildman–Crippen MR) is 72.2 cm³/mol. The first-order valence-electron chi connectivity index (χ1n) is 5.20. The van der Waals surface area contributed by atoms with Gasteiger partial charge in [-0.15, -0.1) is 0 Å². The van der Waals surface area contributed by atoms with E-state index in [1.165, 1.54) is 9.80 Å². The van der Waals surface area contributed by atoms with E-state index in [0.717, 1.165) is 0 Å². The van der Waals surface area contributed by atoms with E-state index in [-0.39, 0.29) is 0 Å². The molecule has 0 radical (unpaired) electrons. The van der Waals surface area contributed by atoms with Gasteiger partial charge in [-0.2, -0.15) is 0 Å². The Hall–Kier alpha value is -1.22. The normalized spacial score (nSPS) is 11.1. The molecule has 0 aliphatic carbocycles. The molecular formula is C13H19N2S+. The fourth-order valence-electron chi connectivity index (χ4n) is 1.22. The molecule has 3 heteroatoms. The maximum atomic E-state index is 2.12. The molecule has 16 heavy (non-hydrogen) atoms. The SMILES string of the molecule is CN(C)/C=C(\C=[N+](C)C)Sc1ccccc1. The lowest BCUT2D eigenvalue weighted by Crippen LogP contribution is -2.06. The van der Waals surface area contributed by atoms with Crippen molar-refractivity contribution in [3.8, 4) is 0 Å². The minimum absolute atomic E-state index is 1.22. The second-order valence-corrected chi connectivity index (χ2v) is 5.15. The highest BCUT2D eigenvalue weighted by Crippen LogP contribution is 2.24. The lowest BCUT2D eigenvalue weighted by Gasteiger charge is -2.07. The van der Waals surface area contributed by atoms with Crippen molar-refractivity contribution in [2.45, 2.75) is 4.90 Å². The van der Waals surface area contributed by atoms with E-state index in [1.807, 2.05) is 34.3 Å². The number of nitrogens with zero attached hydrogens (tertiary/aromatic N) is 2. The van der Waals surface area contributed by atoms with Crippen molar-refractivity contribution in [1.29, 1.82) is 0 Å². The van der Waals surface area contributed by atoms with E-state index in [4.69, 9.17) is 0 Å². The van der Waals surface area contributed by atoms with Gasteiger partial charge in [-0.1, -0.05) is 30.0 Å². The minimum atomic E-state index is 1.22. The van der Waals surface area contributed by atoms with Gasteiger partial charge in [0.2, 0.25) is 0 Å². The first kappa shape index (κ1) is 12.8. The van der Waals surface area contributed by atoms with Crippen molar-refractivity contribution in [1.82, 2.24) is 4.90 Å². The lowest BCUT2D eigenvalue weighted by atomic mass is 10.4. The molecule has 0 aromatic heterocycles. The molecule has 0 fully saturated rings. The lowest BCUT2D eigenvalue weighted by molar-refractivity contribution is -0.458. The van der Waals surface area contributed by atoms with Gasteiger partial charge in [-0.25, -0.2) is 4.58 Å². The van der Waals surface area contributed by atoms with Crippen LogP contribution in [-0.4, -0.2) is 43.9 Å². The Bertz CT molecular complexity index is 376. The van der Waals surface area contributed by atoms with E-state index in [2.05, 4.69) is 46.2 Å². The quantitative estimate of drug-likeness (QED) is 0.449. The molecule has 0 saturated carbocycles. The van der Waals surface area contributed by atoms with Crippen molar-refractivity contribution < 1.29 is 4.58 Å². The van der Waals surface area contributed by atoms with E-state index in [0.29, 0.717) is 0 Å². The Morgan fingerprint density at radius 3 is 2.31 bits per heavy atom. The molecule has 0 aliphatic heterocycles. The second-order valence-electron chi connectivity index (χ2n) is 4.00. The Balaban J connectivity index is 2.84. The molecule has 0 spiro atoms. The molecule has 0 amide bonds. The molecule has 1 aromatic rings. The van der Waals surface area contributed by atoms with Gasteiger partial charge in [0.05, 0.1) is 4.91 Å². The largest absolute Gasteiger partial charge is 0.382 e. The maximum Gasteiger partial charge on any atom is 0.178 e. The number of hydrogen-bond acceptors (Lipinski definition) is 2. The van der Waals surface area contributed by atoms with Crippen LogP contribution in [0.3, 0.4) is 0 Å². The summed E-state index contributed by atoms with van der Waals surface area (Å²) in [6.45, 7) is 0. The van der Waals surface area contributed by atoms with Crippen molar-refractivity contribution in [3.05, 3.63) is 41.4 Å². The van der Waals surface area contributed by atoms with Gasteiger partial charge < -0.3 is 4.90 Å². The average Bonchev–Trinajstić information content (AvgIpc) is 2.16. The third-order valence-electron chi connectivity index (χ3n) is 1.75. The van der Waals surface area contributed by atoms with Crippen LogP contribution >= 0.6 is 11.8 Å². The zero-order chi connectivity index (χ0) is 12.0. The Morgan fingerprint density at radius 2 is 1.81 bits per heavy atom. The van der Waals surface area contributed by atoms with Crippen LogP contribution < -0.4 is 0 Å². The first-order chi connectivity index (χ1) is 7.58. The van der Waals surface area contributed by atoms with Gasteiger partial charge in [-0.05, 0) is 12.1 Å². The van der Waals surface area contributed by atoms with Crippen LogP contribution in [-0.2, 0) is 0 Å². The van der Waals surface area contributed by atoms with Crippen molar-refractivity contribution in [3.63, 3.8) is 0 Å². The third kappa shape index (κ3) is 5.03. The highest BCUT2D eigenvalue weighted by atomic mass is 32.2. The number of rotatable bonds is 4. The zero-order valence-corrected chi connectivity index (χ0v) is 11.2. The summed E-state index contributed by atoms with van der Waals surface area (Å²) in [7, 11) is 8.15. The Morgan fingerprint density at radius 1 is 1.19 bits per heavy atom. The summed E-state index contributed by atoms with van der Waals surface area (Å²) in [4.78, 5) is 4.54. The van der Waals surface area contributed by atoms with Gasteiger partial charge in [0.25, 0.3) is 0 Å². The fourth-order valence-corrected chi connectivity index (χ4v) is 2.31. The molecule has 0 saturated heterocycles. The number of benzene rings is 1. The highest BCUT2D eigenvalue weighted by molar-refractivity contribution is 8.03. The Kier molecular flexibility index (Phi) is 5.12. The van der Waals surface area contributed by atoms with E-state index in [9.17, 15) is 0 Å². The van der Waals surface area contributed by atoms with E-state index >= 15 is 0 Å². The zero-order valence-electron chi connectivity index (χ0n) is 10.3. The molecule has 0 atom stereocenters. The number of thioether (sulfide) groups is 1. The van der Waals surface area contributed by atoms with Crippen LogP contribution in [0.5, 0.6) is 0 Å². The van der Waals surface area contributed by atoms with E-state index < -0.39 is 0 Å². The van der Waals surface area contributed by atoms with Gasteiger partial charge in [0.1, 0.15) is 14.1 Å². The first-order valence-corrected chi connectivity index (χ1v) is 6.02. The molecular weight excluding hydrogens is 216 g/mol. The van der Waals surface area contributed by atoms with Gasteiger partial charge in [-0.3, -0.25) is 0 Å². The van der Waals surface area contributed by atoms with Gasteiger partial charge >= 0.3 is 0 Å². The average molecular weight is 235 g/mol. The summed E-state index contributed by atoms with van der Waals surface area (Å²) in [6.07, 6.45) is 4.25. The molecule has 2 nitrogen and oxygen atoms in total. The predicted octanol–water partition coefficient (Wildman–Crippen LogP) is 2.52. The molecule has 0 unspecified atom stereocenters. The van der Waals surface area contributed by atoms with Crippen molar-refractivity contribution >= 4 is 18.0 Å². The molecule has 1 rings (SSSR count). The van der Waals surface area contributed by atoms with Gasteiger partial charge in [0, 0.05) is 25.2 Å². The maximum absolute atomic E-state index is 2.12. The molecule has 0 aliphatic rings. The van der Waals surface area contributed by atoms with Gasteiger partial charge in [0.15, 0.2) is 6.21 Å². The van der Waals surface area contributed by atoms with Crippen LogP contribution in [0.1, 0.15) is 0 Å². The molecule has 0 N–H and O–H groups in total. The standard InChI is InChI=1S/C13H19N2S/c1-14(2)10-13(11-15(3)4)16-12-8-6-5-7-9-12/h5-11H,1-4H3/q+1. The summed E-state index contributed by atoms with van der Waals surface area (Å²) in [6, 6.07) is 10.4. The summed E-state index contributed by atoms with van der Waals surface area (Å²) < 4.78 is 2.06. The van der Waals surface area contributed by atoms with Crippen LogP contribution in [0.25, 0.3) is 0 Å². The molecule has 1 aromatic carbocycles. The highest BCUT2D eigenvalue weighted by Gasteiger charge is 2.02. The summed E-state index contributed by atoms with van der Waals surface area (Å²) >= 11 is 1.77. The van der Waals surface area contributed by atoms with Crippen LogP contribution in [0.4, 0.5) is 0 Å². The third-order valence-corrected chi connectivity index (χ3v) is 2.70. The second kappa shape index (κ2) is 6.38. The monoisotopic (exact) mass is 235 g/mol. The molecule has 86 valence electrons. The van der Waals surface area contributed by atoms with Crippen molar-refractivity contribution in [2.75, 3.05) is 28.2 Å². The number of allylic oxidation sites excluding steroid dienone is 1. The van der Waals surface area contributed by atoms with Crippen LogP contribution in [0.15, 0.2) is 46.3 Å². The summed E-state index contributed by atoms with van der Waals surface area (Å²) in [5.74, 6) is 0. The fraction of sp³-hybridized carbons (Fsp3) is 0.308. The smallest absolute Gasteiger partial charge is 0.178 e. The minimum Gasteiger partial charge on any atom is -0.382 e. The molecule has 0 bridgehead atoms.